The number of H-pyrrole nitrogens is 1. The SMILES string of the molecule is CCOc1ccc(NC(=S)N(Cc2cc3cccc(C)c3[nH]c2=O)C2CCCC2)cc1. The monoisotopic (exact) mass is 435 g/mol. The molecule has 2 N–H and O–H groups in total. The lowest BCUT2D eigenvalue weighted by atomic mass is 10.1. The smallest absolute Gasteiger partial charge is 0.253 e. The third-order valence-corrected chi connectivity index (χ3v) is 6.29. The molecule has 1 fully saturated rings. The van der Waals surface area contributed by atoms with Crippen molar-refractivity contribution in [2.45, 2.75) is 52.1 Å². The highest BCUT2D eigenvalue weighted by molar-refractivity contribution is 7.80. The number of nitrogens with zero attached hydrogens (tertiary/aromatic N) is 1. The van der Waals surface area contributed by atoms with Gasteiger partial charge in [-0.25, -0.2) is 0 Å². The second-order valence-electron chi connectivity index (χ2n) is 8.12. The highest BCUT2D eigenvalue weighted by atomic mass is 32.1. The highest BCUT2D eigenvalue weighted by Gasteiger charge is 2.26. The summed E-state index contributed by atoms with van der Waals surface area (Å²) >= 11 is 5.81. The number of ether oxygens (including phenoxy) is 1. The molecule has 0 aliphatic heterocycles. The van der Waals surface area contributed by atoms with Gasteiger partial charge in [0.25, 0.3) is 5.56 Å². The van der Waals surface area contributed by atoms with E-state index >= 15 is 0 Å². The van der Waals surface area contributed by atoms with Crippen LogP contribution in [-0.4, -0.2) is 27.6 Å². The van der Waals surface area contributed by atoms with Gasteiger partial charge in [-0.05, 0) is 80.2 Å². The number of aromatic nitrogens is 1. The van der Waals surface area contributed by atoms with E-state index in [0.717, 1.165) is 46.3 Å². The van der Waals surface area contributed by atoms with Crippen LogP contribution in [-0.2, 0) is 6.54 Å². The minimum atomic E-state index is -0.0475. The van der Waals surface area contributed by atoms with Crippen LogP contribution in [0.25, 0.3) is 10.9 Å². The fourth-order valence-corrected chi connectivity index (χ4v) is 4.64. The number of para-hydroxylation sites is 1. The van der Waals surface area contributed by atoms with Crippen molar-refractivity contribution >= 4 is 33.9 Å². The summed E-state index contributed by atoms with van der Waals surface area (Å²) in [6.07, 6.45) is 4.57. The summed E-state index contributed by atoms with van der Waals surface area (Å²) < 4.78 is 5.52. The molecule has 0 atom stereocenters. The van der Waals surface area contributed by atoms with Crippen LogP contribution in [0.2, 0.25) is 0 Å². The molecule has 1 saturated carbocycles. The zero-order valence-electron chi connectivity index (χ0n) is 18.1. The first kappa shape index (κ1) is 21.4. The molecule has 162 valence electrons. The molecule has 0 amide bonds. The molecule has 0 saturated heterocycles. The number of aryl methyl sites for hydroxylation is 1. The molecule has 1 heterocycles. The summed E-state index contributed by atoms with van der Waals surface area (Å²) in [6, 6.07) is 16.2. The van der Waals surface area contributed by atoms with Gasteiger partial charge in [0.2, 0.25) is 0 Å². The maximum atomic E-state index is 12.9. The lowest BCUT2D eigenvalue weighted by Crippen LogP contribution is -2.42. The molecule has 4 rings (SSSR count). The maximum absolute atomic E-state index is 12.9. The number of hydrogen-bond acceptors (Lipinski definition) is 3. The van der Waals surface area contributed by atoms with Gasteiger partial charge in [0.05, 0.1) is 18.7 Å². The van der Waals surface area contributed by atoms with Crippen molar-refractivity contribution in [2.24, 2.45) is 0 Å². The molecule has 3 aromatic rings. The molecule has 0 unspecified atom stereocenters. The number of benzene rings is 2. The fraction of sp³-hybridized carbons (Fsp3) is 0.360. The first-order valence-electron chi connectivity index (χ1n) is 11.0. The van der Waals surface area contributed by atoms with Crippen molar-refractivity contribution in [2.75, 3.05) is 11.9 Å². The van der Waals surface area contributed by atoms with E-state index in [1.54, 1.807) is 0 Å². The second kappa shape index (κ2) is 9.52. The number of hydrogen-bond donors (Lipinski definition) is 2. The van der Waals surface area contributed by atoms with E-state index < -0.39 is 0 Å². The van der Waals surface area contributed by atoms with Crippen LogP contribution >= 0.6 is 12.2 Å². The number of pyridine rings is 1. The molecule has 5 nitrogen and oxygen atoms in total. The zero-order chi connectivity index (χ0) is 21.8. The summed E-state index contributed by atoms with van der Waals surface area (Å²) in [5.74, 6) is 0.838. The van der Waals surface area contributed by atoms with Gasteiger partial charge in [0, 0.05) is 17.3 Å². The van der Waals surface area contributed by atoms with E-state index in [-0.39, 0.29) is 5.56 Å². The van der Waals surface area contributed by atoms with Crippen LogP contribution in [0.1, 0.15) is 43.7 Å². The molecular formula is C25H29N3O2S. The molecule has 1 aliphatic carbocycles. The van der Waals surface area contributed by atoms with E-state index in [9.17, 15) is 4.79 Å². The number of aromatic amines is 1. The lowest BCUT2D eigenvalue weighted by Gasteiger charge is -2.31. The Hall–Kier alpha value is -2.86. The van der Waals surface area contributed by atoms with Crippen LogP contribution in [0.5, 0.6) is 5.75 Å². The Kier molecular flexibility index (Phi) is 6.56. The summed E-state index contributed by atoms with van der Waals surface area (Å²) in [4.78, 5) is 18.1. The van der Waals surface area contributed by atoms with Gasteiger partial charge in [-0.1, -0.05) is 31.0 Å². The normalized spacial score (nSPS) is 14.0. The van der Waals surface area contributed by atoms with Crippen LogP contribution in [0.3, 0.4) is 0 Å². The number of fused-ring (bicyclic) bond motifs is 1. The Morgan fingerprint density at radius 3 is 2.65 bits per heavy atom. The average Bonchev–Trinajstić information content (AvgIpc) is 3.29. The first-order chi connectivity index (χ1) is 15.0. The van der Waals surface area contributed by atoms with Gasteiger partial charge >= 0.3 is 0 Å². The summed E-state index contributed by atoms with van der Waals surface area (Å²) in [5.41, 5.74) is 3.58. The average molecular weight is 436 g/mol. The summed E-state index contributed by atoms with van der Waals surface area (Å²) in [7, 11) is 0. The summed E-state index contributed by atoms with van der Waals surface area (Å²) in [6.45, 7) is 5.11. The van der Waals surface area contributed by atoms with E-state index in [1.165, 1.54) is 12.8 Å². The molecule has 0 radical (unpaired) electrons. The number of rotatable bonds is 6. The quantitative estimate of drug-likeness (QED) is 0.509. The predicted octanol–water partition coefficient (Wildman–Crippen LogP) is 5.38. The lowest BCUT2D eigenvalue weighted by molar-refractivity contribution is 0.311. The number of anilines is 1. The Balaban J connectivity index is 1.58. The maximum Gasteiger partial charge on any atom is 0.253 e. The van der Waals surface area contributed by atoms with Crippen molar-refractivity contribution in [3.05, 3.63) is 70.0 Å². The number of nitrogens with one attached hydrogen (secondary N) is 2. The van der Waals surface area contributed by atoms with Crippen LogP contribution < -0.4 is 15.6 Å². The second-order valence-corrected chi connectivity index (χ2v) is 8.50. The largest absolute Gasteiger partial charge is 0.494 e. The van der Waals surface area contributed by atoms with E-state index in [4.69, 9.17) is 17.0 Å². The van der Waals surface area contributed by atoms with Crippen molar-refractivity contribution in [1.82, 2.24) is 9.88 Å². The van der Waals surface area contributed by atoms with Crippen molar-refractivity contribution in [3.8, 4) is 5.75 Å². The minimum Gasteiger partial charge on any atom is -0.494 e. The van der Waals surface area contributed by atoms with Crippen LogP contribution in [0, 0.1) is 6.92 Å². The third-order valence-electron chi connectivity index (χ3n) is 5.95. The van der Waals surface area contributed by atoms with E-state index in [1.807, 2.05) is 62.4 Å². The molecule has 31 heavy (non-hydrogen) atoms. The van der Waals surface area contributed by atoms with Crippen molar-refractivity contribution < 1.29 is 4.74 Å². The molecular weight excluding hydrogens is 406 g/mol. The van der Waals surface area contributed by atoms with Crippen molar-refractivity contribution in [3.63, 3.8) is 0 Å². The van der Waals surface area contributed by atoms with E-state index in [0.29, 0.717) is 24.3 Å². The predicted molar refractivity (Wildman–Crippen MR) is 131 cm³/mol. The Labute approximate surface area is 188 Å². The Bertz CT molecular complexity index is 1120. The molecule has 6 heteroatoms. The summed E-state index contributed by atoms with van der Waals surface area (Å²) in [5, 5.41) is 5.06. The molecule has 1 aromatic heterocycles. The van der Waals surface area contributed by atoms with Gasteiger partial charge < -0.3 is 19.9 Å². The van der Waals surface area contributed by atoms with Gasteiger partial charge in [-0.3, -0.25) is 4.79 Å². The molecule has 0 bridgehead atoms. The van der Waals surface area contributed by atoms with Gasteiger partial charge in [0.15, 0.2) is 5.11 Å². The third kappa shape index (κ3) is 4.90. The van der Waals surface area contributed by atoms with E-state index in [2.05, 4.69) is 15.2 Å². The van der Waals surface area contributed by atoms with Crippen molar-refractivity contribution in [1.29, 1.82) is 0 Å². The number of thiocarbonyl (C=S) groups is 1. The Morgan fingerprint density at radius 2 is 1.94 bits per heavy atom. The van der Waals surface area contributed by atoms with Crippen LogP contribution in [0.4, 0.5) is 5.69 Å². The van der Waals surface area contributed by atoms with Gasteiger partial charge in [-0.2, -0.15) is 0 Å². The highest BCUT2D eigenvalue weighted by Crippen LogP contribution is 2.26. The minimum absolute atomic E-state index is 0.0475. The standard InChI is InChI=1S/C25H29N3O2S/c1-3-30-22-13-11-20(12-14-22)26-25(31)28(21-9-4-5-10-21)16-19-15-18-8-6-7-17(2)23(18)27-24(19)29/h6-8,11-15,21H,3-5,9-10,16H2,1-2H3,(H,26,31)(H,27,29). The van der Waals surface area contributed by atoms with Gasteiger partial charge in [0.1, 0.15) is 5.75 Å². The van der Waals surface area contributed by atoms with Crippen LogP contribution in [0.15, 0.2) is 53.3 Å². The van der Waals surface area contributed by atoms with Gasteiger partial charge in [-0.15, -0.1) is 0 Å². The molecule has 1 aliphatic rings. The zero-order valence-corrected chi connectivity index (χ0v) is 18.9. The molecule has 2 aromatic carbocycles. The topological polar surface area (TPSA) is 57.4 Å². The Morgan fingerprint density at radius 1 is 1.19 bits per heavy atom. The fourth-order valence-electron chi connectivity index (χ4n) is 4.31. The molecule has 0 spiro atoms. The first-order valence-corrected chi connectivity index (χ1v) is 11.4.